The van der Waals surface area contributed by atoms with Crippen LogP contribution in [0.5, 0.6) is 5.75 Å². The number of benzene rings is 2. The van der Waals surface area contributed by atoms with E-state index in [2.05, 4.69) is 21.6 Å². The van der Waals surface area contributed by atoms with Gasteiger partial charge >= 0.3 is 0 Å². The van der Waals surface area contributed by atoms with E-state index >= 15 is 0 Å². The minimum Gasteiger partial charge on any atom is -0.497 e. The Bertz CT molecular complexity index is 1070. The molecule has 1 N–H and O–H groups in total. The summed E-state index contributed by atoms with van der Waals surface area (Å²) in [4.78, 5) is 12.5. The first kappa shape index (κ1) is 24.1. The predicted octanol–water partition coefficient (Wildman–Crippen LogP) is 5.58. The van der Waals surface area contributed by atoms with E-state index in [1.807, 2.05) is 61.7 Å². The van der Waals surface area contributed by atoms with E-state index in [1.165, 1.54) is 0 Å². The second-order valence-corrected chi connectivity index (χ2v) is 8.92. The Labute approximate surface area is 198 Å². The number of thioether (sulfide) groups is 1. The number of nitrogens with zero attached hydrogens (tertiary/aromatic N) is 3. The van der Waals surface area contributed by atoms with Gasteiger partial charge in [0.1, 0.15) is 5.75 Å². The first-order chi connectivity index (χ1) is 15.5. The normalized spacial score (nSPS) is 11.1. The van der Waals surface area contributed by atoms with Crippen molar-refractivity contribution in [1.29, 1.82) is 0 Å². The van der Waals surface area contributed by atoms with Gasteiger partial charge in [0.15, 0.2) is 11.0 Å². The minimum absolute atomic E-state index is 0.00110. The zero-order valence-corrected chi connectivity index (χ0v) is 20.5. The third kappa shape index (κ3) is 5.84. The summed E-state index contributed by atoms with van der Waals surface area (Å²) in [6.07, 6.45) is 1.62. The molecule has 1 aromatic heterocycles. The standard InChI is InChI=1S/C24H29ClN4O2S/c1-5-18(6-2)23(30)26-14-22-27-28-24(29(22)21-13-19(25)11-10-16(21)3)32-15-17-8-7-9-20(12-17)31-4/h7-13,18H,5-6,14-15H2,1-4H3,(H,26,30). The van der Waals surface area contributed by atoms with Gasteiger partial charge in [-0.15, -0.1) is 10.2 Å². The molecule has 1 heterocycles. The van der Waals surface area contributed by atoms with Gasteiger partial charge in [0.05, 0.1) is 19.3 Å². The van der Waals surface area contributed by atoms with E-state index in [0.717, 1.165) is 40.6 Å². The average Bonchev–Trinajstić information content (AvgIpc) is 3.21. The molecule has 1 amide bonds. The van der Waals surface area contributed by atoms with Gasteiger partial charge in [-0.05, 0) is 55.2 Å². The number of carbonyl (C=O) groups is 1. The van der Waals surface area contributed by atoms with Crippen molar-refractivity contribution in [3.63, 3.8) is 0 Å². The van der Waals surface area contributed by atoms with Gasteiger partial charge in [-0.3, -0.25) is 9.36 Å². The molecule has 0 unspecified atom stereocenters. The quantitative estimate of drug-likeness (QED) is 0.390. The van der Waals surface area contributed by atoms with Gasteiger partial charge in [-0.2, -0.15) is 0 Å². The lowest BCUT2D eigenvalue weighted by molar-refractivity contribution is -0.125. The highest BCUT2D eigenvalue weighted by atomic mass is 35.5. The zero-order chi connectivity index (χ0) is 23.1. The first-order valence-corrected chi connectivity index (χ1v) is 12.1. The molecule has 3 aromatic rings. The van der Waals surface area contributed by atoms with E-state index in [0.29, 0.717) is 23.1 Å². The summed E-state index contributed by atoms with van der Waals surface area (Å²) in [5.74, 6) is 2.23. The van der Waals surface area contributed by atoms with Crippen molar-refractivity contribution in [3.05, 3.63) is 64.4 Å². The summed E-state index contributed by atoms with van der Waals surface area (Å²) in [6.45, 7) is 6.38. The molecule has 0 fully saturated rings. The molecule has 6 nitrogen and oxygen atoms in total. The molecule has 0 bridgehead atoms. The van der Waals surface area contributed by atoms with Crippen molar-refractivity contribution in [2.24, 2.45) is 5.92 Å². The van der Waals surface area contributed by atoms with E-state index in [-0.39, 0.29) is 11.8 Å². The molecule has 0 aliphatic carbocycles. The van der Waals surface area contributed by atoms with Crippen LogP contribution in [-0.4, -0.2) is 27.8 Å². The summed E-state index contributed by atoms with van der Waals surface area (Å²) in [5, 5.41) is 13.2. The topological polar surface area (TPSA) is 69.0 Å². The Hall–Kier alpha value is -2.51. The van der Waals surface area contributed by atoms with Crippen LogP contribution in [0.1, 0.15) is 43.6 Å². The molecule has 0 radical (unpaired) electrons. The van der Waals surface area contributed by atoms with Crippen molar-refractivity contribution in [1.82, 2.24) is 20.1 Å². The minimum atomic E-state index is 0.00110. The number of rotatable bonds is 10. The summed E-state index contributed by atoms with van der Waals surface area (Å²) in [7, 11) is 1.66. The number of ether oxygens (including phenoxy) is 1. The maximum Gasteiger partial charge on any atom is 0.223 e. The molecule has 0 atom stereocenters. The Kier molecular flexibility index (Phi) is 8.59. The number of hydrogen-bond donors (Lipinski definition) is 1. The number of methoxy groups -OCH3 is 1. The molecular formula is C24H29ClN4O2S. The molecule has 3 rings (SSSR count). The number of aryl methyl sites for hydroxylation is 1. The average molecular weight is 473 g/mol. The van der Waals surface area contributed by atoms with Crippen molar-refractivity contribution in [2.75, 3.05) is 7.11 Å². The fraction of sp³-hybridized carbons (Fsp3) is 0.375. The van der Waals surface area contributed by atoms with Crippen molar-refractivity contribution in [3.8, 4) is 11.4 Å². The third-order valence-electron chi connectivity index (χ3n) is 5.39. The van der Waals surface area contributed by atoms with Gasteiger partial charge in [0.25, 0.3) is 0 Å². The summed E-state index contributed by atoms with van der Waals surface area (Å²) < 4.78 is 7.31. The molecule has 0 aliphatic rings. The highest BCUT2D eigenvalue weighted by Gasteiger charge is 2.19. The summed E-state index contributed by atoms with van der Waals surface area (Å²) in [6, 6.07) is 13.7. The first-order valence-electron chi connectivity index (χ1n) is 10.7. The zero-order valence-electron chi connectivity index (χ0n) is 18.9. The lowest BCUT2D eigenvalue weighted by Gasteiger charge is -2.15. The van der Waals surface area contributed by atoms with Crippen LogP contribution in [0.3, 0.4) is 0 Å². The van der Waals surface area contributed by atoms with Crippen LogP contribution >= 0.6 is 23.4 Å². The SMILES string of the molecule is CCC(CC)C(=O)NCc1nnc(SCc2cccc(OC)c2)n1-c1cc(Cl)ccc1C. The van der Waals surface area contributed by atoms with Crippen molar-refractivity contribution in [2.45, 2.75) is 51.1 Å². The molecule has 0 aliphatic heterocycles. The molecule has 0 spiro atoms. The van der Waals surface area contributed by atoms with E-state index in [9.17, 15) is 4.79 Å². The number of aromatic nitrogens is 3. The molecular weight excluding hydrogens is 444 g/mol. The van der Waals surface area contributed by atoms with Crippen molar-refractivity contribution < 1.29 is 9.53 Å². The van der Waals surface area contributed by atoms with Crippen LogP contribution in [0.25, 0.3) is 5.69 Å². The highest BCUT2D eigenvalue weighted by molar-refractivity contribution is 7.98. The fourth-order valence-corrected chi connectivity index (χ4v) is 4.53. The second kappa shape index (κ2) is 11.4. The molecule has 2 aromatic carbocycles. The second-order valence-electron chi connectivity index (χ2n) is 7.54. The van der Waals surface area contributed by atoms with Crippen molar-refractivity contribution >= 4 is 29.3 Å². The molecule has 0 saturated carbocycles. The van der Waals surface area contributed by atoms with Gasteiger partial charge in [-0.1, -0.05) is 55.4 Å². The maximum absolute atomic E-state index is 12.5. The van der Waals surface area contributed by atoms with E-state index in [1.54, 1.807) is 18.9 Å². The Morgan fingerprint density at radius 3 is 2.69 bits per heavy atom. The lowest BCUT2D eigenvalue weighted by atomic mass is 10.0. The van der Waals surface area contributed by atoms with Gasteiger partial charge in [0.2, 0.25) is 5.91 Å². The fourth-order valence-electron chi connectivity index (χ4n) is 3.45. The number of hydrogen-bond acceptors (Lipinski definition) is 5. The van der Waals surface area contributed by atoms with Gasteiger partial charge in [-0.25, -0.2) is 0 Å². The Balaban J connectivity index is 1.89. The monoisotopic (exact) mass is 472 g/mol. The Morgan fingerprint density at radius 1 is 1.19 bits per heavy atom. The number of halogens is 1. The molecule has 8 heteroatoms. The van der Waals surface area contributed by atoms with Crippen LogP contribution in [0.4, 0.5) is 0 Å². The predicted molar refractivity (Wildman–Crippen MR) is 130 cm³/mol. The largest absolute Gasteiger partial charge is 0.497 e. The lowest BCUT2D eigenvalue weighted by Crippen LogP contribution is -2.30. The third-order valence-corrected chi connectivity index (χ3v) is 6.63. The summed E-state index contributed by atoms with van der Waals surface area (Å²) >= 11 is 7.88. The van der Waals surface area contributed by atoms with E-state index < -0.39 is 0 Å². The molecule has 170 valence electrons. The molecule has 0 saturated heterocycles. The number of amides is 1. The maximum atomic E-state index is 12.5. The smallest absolute Gasteiger partial charge is 0.223 e. The van der Waals surface area contributed by atoms with Crippen LogP contribution < -0.4 is 10.1 Å². The number of nitrogens with one attached hydrogen (secondary N) is 1. The van der Waals surface area contributed by atoms with Crippen LogP contribution in [-0.2, 0) is 17.1 Å². The molecule has 32 heavy (non-hydrogen) atoms. The van der Waals surface area contributed by atoms with Crippen LogP contribution in [0, 0.1) is 12.8 Å². The number of carbonyl (C=O) groups excluding carboxylic acids is 1. The highest BCUT2D eigenvalue weighted by Crippen LogP contribution is 2.29. The summed E-state index contributed by atoms with van der Waals surface area (Å²) in [5.41, 5.74) is 3.07. The van der Waals surface area contributed by atoms with Gasteiger partial charge in [0, 0.05) is 16.7 Å². The van der Waals surface area contributed by atoms with Crippen LogP contribution in [0.2, 0.25) is 5.02 Å². The van der Waals surface area contributed by atoms with E-state index in [4.69, 9.17) is 16.3 Å². The van der Waals surface area contributed by atoms with Gasteiger partial charge < -0.3 is 10.1 Å². The van der Waals surface area contributed by atoms with Crippen LogP contribution in [0.15, 0.2) is 47.6 Å². The Morgan fingerprint density at radius 2 is 1.97 bits per heavy atom.